The molecule has 0 saturated carbocycles. The number of nitrogens with one attached hydrogen (secondary N) is 1. The monoisotopic (exact) mass is 292 g/mol. The van der Waals surface area contributed by atoms with Crippen molar-refractivity contribution < 1.29 is 23.5 Å². The third kappa shape index (κ3) is 3.14. The molecule has 0 spiro atoms. The third-order valence-electron chi connectivity index (χ3n) is 2.70. The van der Waals surface area contributed by atoms with Gasteiger partial charge in [0.15, 0.2) is 0 Å². The van der Waals surface area contributed by atoms with Gasteiger partial charge in [0.25, 0.3) is 5.91 Å². The van der Waals surface area contributed by atoms with Crippen LogP contribution in [0.3, 0.4) is 0 Å². The van der Waals surface area contributed by atoms with E-state index in [-0.39, 0.29) is 16.9 Å². The number of rotatable bonds is 3. The molecule has 0 aliphatic rings. The molecule has 0 heterocycles. The predicted octanol–water partition coefficient (Wildman–Crippen LogP) is 2.50. The molecule has 2 rings (SSSR count). The Labute approximate surface area is 118 Å². The molecule has 1 amide bonds. The van der Waals surface area contributed by atoms with Gasteiger partial charge in [0.1, 0.15) is 11.6 Å². The van der Waals surface area contributed by atoms with E-state index in [4.69, 9.17) is 10.8 Å². The second-order valence-electron chi connectivity index (χ2n) is 4.19. The molecule has 0 radical (unpaired) electrons. The average Bonchev–Trinajstić information content (AvgIpc) is 2.37. The molecule has 4 N–H and O–H groups in total. The number of hydrogen-bond acceptors (Lipinski definition) is 3. The summed E-state index contributed by atoms with van der Waals surface area (Å²) in [7, 11) is 0. The van der Waals surface area contributed by atoms with Crippen molar-refractivity contribution in [3.63, 3.8) is 0 Å². The smallest absolute Gasteiger partial charge is 0.337 e. The van der Waals surface area contributed by atoms with E-state index < -0.39 is 29.1 Å². The summed E-state index contributed by atoms with van der Waals surface area (Å²) >= 11 is 0. The molecule has 7 heteroatoms. The Hall–Kier alpha value is -2.96. The number of amides is 1. The van der Waals surface area contributed by atoms with E-state index in [2.05, 4.69) is 5.32 Å². The van der Waals surface area contributed by atoms with E-state index >= 15 is 0 Å². The number of carbonyl (C=O) groups is 2. The first kappa shape index (κ1) is 14.4. The van der Waals surface area contributed by atoms with Crippen LogP contribution in [0.15, 0.2) is 36.4 Å². The zero-order valence-electron chi connectivity index (χ0n) is 10.6. The Morgan fingerprint density at radius 1 is 1.05 bits per heavy atom. The minimum Gasteiger partial charge on any atom is -0.478 e. The van der Waals surface area contributed by atoms with Gasteiger partial charge in [0, 0.05) is 11.8 Å². The summed E-state index contributed by atoms with van der Waals surface area (Å²) in [6.45, 7) is 0. The highest BCUT2D eigenvalue weighted by Crippen LogP contribution is 2.21. The fourth-order valence-electron chi connectivity index (χ4n) is 1.72. The molecule has 2 aromatic rings. The van der Waals surface area contributed by atoms with Gasteiger partial charge in [-0.2, -0.15) is 0 Å². The molecule has 5 nitrogen and oxygen atoms in total. The summed E-state index contributed by atoms with van der Waals surface area (Å²) in [5, 5.41) is 11.3. The molecule has 0 bridgehead atoms. The van der Waals surface area contributed by atoms with Gasteiger partial charge in [-0.1, -0.05) is 0 Å². The van der Waals surface area contributed by atoms with E-state index in [0.717, 1.165) is 12.1 Å². The molecule has 0 fully saturated rings. The maximum absolute atomic E-state index is 13.5. The Balaban J connectivity index is 2.35. The number of carboxylic acids is 1. The van der Waals surface area contributed by atoms with Gasteiger partial charge < -0.3 is 16.2 Å². The topological polar surface area (TPSA) is 92.4 Å². The van der Waals surface area contributed by atoms with E-state index in [0.29, 0.717) is 6.07 Å². The van der Waals surface area contributed by atoms with Crippen molar-refractivity contribution in [1.82, 2.24) is 0 Å². The van der Waals surface area contributed by atoms with Crippen molar-refractivity contribution in [3.8, 4) is 0 Å². The summed E-state index contributed by atoms with van der Waals surface area (Å²) in [6.07, 6.45) is 0. The molecule has 21 heavy (non-hydrogen) atoms. The van der Waals surface area contributed by atoms with Crippen molar-refractivity contribution in [3.05, 3.63) is 59.2 Å². The second-order valence-corrected chi connectivity index (χ2v) is 4.19. The van der Waals surface area contributed by atoms with Gasteiger partial charge in [-0.05, 0) is 30.3 Å². The number of nitrogens with two attached hydrogens (primary N) is 1. The molecular formula is C14H10F2N2O3. The van der Waals surface area contributed by atoms with Crippen LogP contribution in [0.4, 0.5) is 20.2 Å². The molecule has 0 aliphatic heterocycles. The van der Waals surface area contributed by atoms with Crippen molar-refractivity contribution >= 4 is 23.3 Å². The minimum atomic E-state index is -1.27. The number of nitrogen functional groups attached to an aromatic ring is 1. The lowest BCUT2D eigenvalue weighted by molar-refractivity contribution is 0.0698. The Morgan fingerprint density at radius 3 is 2.33 bits per heavy atom. The van der Waals surface area contributed by atoms with Crippen LogP contribution in [-0.4, -0.2) is 17.0 Å². The lowest BCUT2D eigenvalue weighted by Crippen LogP contribution is -2.16. The highest BCUT2D eigenvalue weighted by atomic mass is 19.1. The van der Waals surface area contributed by atoms with Crippen LogP contribution in [0, 0.1) is 11.6 Å². The summed E-state index contributed by atoms with van der Waals surface area (Å²) in [6, 6.07) is 6.27. The molecule has 0 unspecified atom stereocenters. The number of anilines is 2. The number of benzene rings is 2. The van der Waals surface area contributed by atoms with E-state index in [1.54, 1.807) is 0 Å². The first-order chi connectivity index (χ1) is 9.88. The van der Waals surface area contributed by atoms with Crippen molar-refractivity contribution in [1.29, 1.82) is 0 Å². The largest absolute Gasteiger partial charge is 0.478 e. The van der Waals surface area contributed by atoms with E-state index in [1.165, 1.54) is 18.2 Å². The lowest BCUT2D eigenvalue weighted by Gasteiger charge is -2.10. The fourth-order valence-corrected chi connectivity index (χ4v) is 1.72. The number of carboxylic acid groups (broad SMARTS) is 1. The highest BCUT2D eigenvalue weighted by molar-refractivity contribution is 6.08. The molecule has 108 valence electrons. The van der Waals surface area contributed by atoms with Crippen LogP contribution in [0.5, 0.6) is 0 Å². The third-order valence-corrected chi connectivity index (χ3v) is 2.70. The van der Waals surface area contributed by atoms with E-state index in [1.807, 2.05) is 0 Å². The molecular weight excluding hydrogens is 282 g/mol. The van der Waals surface area contributed by atoms with Gasteiger partial charge in [-0.3, -0.25) is 4.79 Å². The normalized spacial score (nSPS) is 10.2. The van der Waals surface area contributed by atoms with Gasteiger partial charge in [-0.15, -0.1) is 0 Å². The van der Waals surface area contributed by atoms with Gasteiger partial charge in [0.2, 0.25) is 0 Å². The van der Waals surface area contributed by atoms with Crippen LogP contribution in [0.1, 0.15) is 20.7 Å². The number of carbonyl (C=O) groups excluding carboxylic acids is 1. The molecule has 0 atom stereocenters. The zero-order valence-corrected chi connectivity index (χ0v) is 10.6. The standard InChI is InChI=1S/C14H10F2N2O3/c15-7-1-3-9(11(16)5-7)13(19)18-12-6-8(17)2-4-10(12)14(20)21/h1-6H,17H2,(H,18,19)(H,20,21). The number of hydrogen-bond donors (Lipinski definition) is 3. The van der Waals surface area contributed by atoms with Crippen LogP contribution in [0.25, 0.3) is 0 Å². The fraction of sp³-hybridized carbons (Fsp3) is 0. The minimum absolute atomic E-state index is 0.0729. The van der Waals surface area contributed by atoms with Crippen LogP contribution >= 0.6 is 0 Å². The van der Waals surface area contributed by atoms with Gasteiger partial charge in [0.05, 0.1) is 16.8 Å². The van der Waals surface area contributed by atoms with Crippen LogP contribution < -0.4 is 11.1 Å². The molecule has 0 saturated heterocycles. The Bertz CT molecular complexity index is 732. The summed E-state index contributed by atoms with van der Waals surface area (Å²) in [5.41, 5.74) is 5.08. The first-order valence-corrected chi connectivity index (χ1v) is 5.77. The Kier molecular flexibility index (Phi) is 3.84. The molecule has 2 aromatic carbocycles. The summed E-state index contributed by atoms with van der Waals surface area (Å²) in [5.74, 6) is -4.04. The van der Waals surface area contributed by atoms with Crippen molar-refractivity contribution in [2.45, 2.75) is 0 Å². The predicted molar refractivity (Wildman–Crippen MR) is 72.1 cm³/mol. The SMILES string of the molecule is Nc1ccc(C(=O)O)c(NC(=O)c2ccc(F)cc2F)c1. The number of aromatic carboxylic acids is 1. The first-order valence-electron chi connectivity index (χ1n) is 5.77. The molecule has 0 aromatic heterocycles. The maximum atomic E-state index is 13.5. The van der Waals surface area contributed by atoms with Gasteiger partial charge >= 0.3 is 5.97 Å². The van der Waals surface area contributed by atoms with Crippen LogP contribution in [-0.2, 0) is 0 Å². The molecule has 0 aliphatic carbocycles. The van der Waals surface area contributed by atoms with Crippen LogP contribution in [0.2, 0.25) is 0 Å². The number of halogens is 2. The average molecular weight is 292 g/mol. The zero-order chi connectivity index (χ0) is 15.6. The Morgan fingerprint density at radius 2 is 1.71 bits per heavy atom. The summed E-state index contributed by atoms with van der Waals surface area (Å²) in [4.78, 5) is 23.0. The lowest BCUT2D eigenvalue weighted by atomic mass is 10.1. The van der Waals surface area contributed by atoms with Crippen molar-refractivity contribution in [2.75, 3.05) is 11.1 Å². The van der Waals surface area contributed by atoms with Crippen molar-refractivity contribution in [2.24, 2.45) is 0 Å². The second kappa shape index (κ2) is 5.58. The quantitative estimate of drug-likeness (QED) is 0.758. The maximum Gasteiger partial charge on any atom is 0.337 e. The summed E-state index contributed by atoms with van der Waals surface area (Å²) < 4.78 is 26.3. The van der Waals surface area contributed by atoms with Gasteiger partial charge in [-0.25, -0.2) is 13.6 Å². The highest BCUT2D eigenvalue weighted by Gasteiger charge is 2.16. The van der Waals surface area contributed by atoms with E-state index in [9.17, 15) is 18.4 Å².